The number of ether oxygens (including phenoxy) is 1. The quantitative estimate of drug-likeness (QED) is 0.173. The van der Waals surface area contributed by atoms with Gasteiger partial charge in [0.2, 0.25) is 11.8 Å². The van der Waals surface area contributed by atoms with Gasteiger partial charge in [0.1, 0.15) is 5.82 Å². The second-order valence-corrected chi connectivity index (χ2v) is 17.8. The number of nitrogens with one attached hydrogen (secondary N) is 1. The third-order valence-electron chi connectivity index (χ3n) is 11.3. The van der Waals surface area contributed by atoms with Crippen molar-refractivity contribution >= 4 is 37.1 Å². The van der Waals surface area contributed by atoms with Gasteiger partial charge in [-0.05, 0) is 91.8 Å². The van der Waals surface area contributed by atoms with Gasteiger partial charge in [0.05, 0.1) is 51.1 Å². The summed E-state index contributed by atoms with van der Waals surface area (Å²) in [4.78, 5) is 15.8. The monoisotopic (exact) mass is 696 g/mol. The number of fused-ring (bicyclic) bond motifs is 6. The van der Waals surface area contributed by atoms with E-state index >= 15 is 0 Å². The van der Waals surface area contributed by atoms with Gasteiger partial charge in [0.15, 0.2) is 9.84 Å². The Bertz CT molecular complexity index is 2190. The highest BCUT2D eigenvalue weighted by atomic mass is 32.2. The molecule has 1 saturated carbocycles. The summed E-state index contributed by atoms with van der Waals surface area (Å²) in [5, 5.41) is 13.4. The molecular formula is C37H40N6O4S2. The lowest BCUT2D eigenvalue weighted by molar-refractivity contribution is -0.117. The molecule has 12 heteroatoms. The van der Waals surface area contributed by atoms with E-state index in [1.165, 1.54) is 5.56 Å². The molecule has 10 nitrogen and oxygen atoms in total. The largest absolute Gasteiger partial charge is 0.421 e. The first kappa shape index (κ1) is 31.3. The molecule has 5 aliphatic rings. The first-order chi connectivity index (χ1) is 23.7. The topological polar surface area (TPSA) is 133 Å². The van der Waals surface area contributed by atoms with E-state index in [9.17, 15) is 8.42 Å². The van der Waals surface area contributed by atoms with Crippen LogP contribution in [0.2, 0.25) is 0 Å². The summed E-state index contributed by atoms with van der Waals surface area (Å²) in [7, 11) is -3.67. The number of aryl methyl sites for hydroxylation is 3. The minimum atomic E-state index is -3.67. The molecule has 10 rings (SSSR count). The molecule has 254 valence electrons. The lowest BCUT2D eigenvalue weighted by Crippen LogP contribution is -2.42. The van der Waals surface area contributed by atoms with Crippen LogP contribution in [0.15, 0.2) is 46.0 Å². The number of rotatable bonds is 8. The molecule has 2 bridgehead atoms. The molecule has 2 saturated heterocycles. The average molecular weight is 697 g/mol. The van der Waals surface area contributed by atoms with Gasteiger partial charge in [-0.1, -0.05) is 19.9 Å². The zero-order chi connectivity index (χ0) is 33.5. The lowest BCUT2D eigenvalue weighted by Gasteiger charge is -2.46. The fourth-order valence-corrected chi connectivity index (χ4v) is 12.0. The number of nitrogens with zero attached hydrogens (tertiary/aromatic N) is 5. The molecule has 5 aromatic rings. The second-order valence-electron chi connectivity index (χ2n) is 14.8. The number of hydrogen-bond donors (Lipinski definition) is 1. The van der Waals surface area contributed by atoms with Crippen LogP contribution in [0.4, 0.5) is 5.82 Å². The highest BCUT2D eigenvalue weighted by molar-refractivity contribution is 7.92. The Morgan fingerprint density at radius 3 is 2.69 bits per heavy atom. The summed E-state index contributed by atoms with van der Waals surface area (Å²) in [6.45, 7) is 6.71. The van der Waals surface area contributed by atoms with Crippen LogP contribution in [0.5, 0.6) is 0 Å². The van der Waals surface area contributed by atoms with Crippen LogP contribution in [0.25, 0.3) is 32.0 Å². The van der Waals surface area contributed by atoms with Gasteiger partial charge in [-0.15, -0.1) is 21.5 Å². The second kappa shape index (κ2) is 11.7. The van der Waals surface area contributed by atoms with Crippen molar-refractivity contribution in [1.29, 1.82) is 0 Å². The summed E-state index contributed by atoms with van der Waals surface area (Å²) in [5.74, 6) is 1.46. The highest BCUT2D eigenvalue weighted by Gasteiger charge is 2.45. The summed E-state index contributed by atoms with van der Waals surface area (Å²) in [5.41, 5.74) is 5.20. The zero-order valence-corrected chi connectivity index (χ0v) is 29.7. The zero-order valence-electron chi connectivity index (χ0n) is 28.0. The van der Waals surface area contributed by atoms with Crippen LogP contribution < -0.4 is 5.32 Å². The number of sulfone groups is 1. The van der Waals surface area contributed by atoms with Gasteiger partial charge in [0.25, 0.3) is 0 Å². The van der Waals surface area contributed by atoms with Crippen molar-refractivity contribution in [2.24, 2.45) is 11.3 Å². The Morgan fingerprint density at radius 1 is 1.08 bits per heavy atom. The SMILES string of the molecule is Cc1nnc(-c2c(CCC34CCC(CC3)OC4)nc3c(c2-c2cc4ccnc(N[C@H]5CCc6ncccc65)c4s2)S(=O)(=O)C[C@@H]3C(C)C)o1. The number of hydrogen-bond acceptors (Lipinski definition) is 11. The maximum atomic E-state index is 14.2. The van der Waals surface area contributed by atoms with Crippen LogP contribution in [-0.4, -0.2) is 52.0 Å². The Kier molecular flexibility index (Phi) is 7.44. The van der Waals surface area contributed by atoms with Gasteiger partial charge < -0.3 is 14.5 Å². The fraction of sp³-hybridized carbons (Fsp3) is 0.486. The van der Waals surface area contributed by atoms with Crippen molar-refractivity contribution in [3.8, 4) is 21.9 Å². The van der Waals surface area contributed by atoms with Crippen LogP contribution in [-0.2, 0) is 27.4 Å². The first-order valence-electron chi connectivity index (χ1n) is 17.5. The van der Waals surface area contributed by atoms with E-state index in [0.717, 1.165) is 83.7 Å². The molecule has 3 fully saturated rings. The third kappa shape index (κ3) is 5.29. The fourth-order valence-electron chi connectivity index (χ4n) is 8.59. The molecule has 0 spiro atoms. The number of pyridine rings is 3. The van der Waals surface area contributed by atoms with Gasteiger partial charge in [-0.25, -0.2) is 13.4 Å². The number of anilines is 1. The van der Waals surface area contributed by atoms with E-state index in [2.05, 4.69) is 46.5 Å². The molecule has 3 aliphatic heterocycles. The van der Waals surface area contributed by atoms with Gasteiger partial charge in [0, 0.05) is 41.4 Å². The Labute approximate surface area is 290 Å². The van der Waals surface area contributed by atoms with Crippen molar-refractivity contribution < 1.29 is 17.6 Å². The van der Waals surface area contributed by atoms with E-state index in [4.69, 9.17) is 19.1 Å². The number of aromatic nitrogens is 5. The molecule has 8 heterocycles. The van der Waals surface area contributed by atoms with E-state index < -0.39 is 9.84 Å². The molecule has 49 heavy (non-hydrogen) atoms. The van der Waals surface area contributed by atoms with Crippen LogP contribution in [0.1, 0.15) is 92.9 Å². The van der Waals surface area contributed by atoms with Crippen LogP contribution in [0, 0.1) is 18.3 Å². The summed E-state index contributed by atoms with van der Waals surface area (Å²) in [6.07, 6.45) is 12.0. The van der Waals surface area contributed by atoms with Crippen LogP contribution >= 0.6 is 11.3 Å². The van der Waals surface area contributed by atoms with Crippen molar-refractivity contribution in [2.45, 2.75) is 95.1 Å². The smallest absolute Gasteiger partial charge is 0.250 e. The van der Waals surface area contributed by atoms with E-state index in [1.807, 2.05) is 24.5 Å². The molecule has 2 aliphatic carbocycles. The predicted octanol–water partition coefficient (Wildman–Crippen LogP) is 7.63. The van der Waals surface area contributed by atoms with Crippen molar-refractivity contribution in [1.82, 2.24) is 25.1 Å². The molecular weight excluding hydrogens is 657 g/mol. The minimum absolute atomic E-state index is 0.0410. The summed E-state index contributed by atoms with van der Waals surface area (Å²) < 4.78 is 41.8. The van der Waals surface area contributed by atoms with Crippen molar-refractivity contribution in [2.75, 3.05) is 17.7 Å². The molecule has 5 aromatic heterocycles. The first-order valence-corrected chi connectivity index (χ1v) is 20.0. The predicted molar refractivity (Wildman–Crippen MR) is 188 cm³/mol. The summed E-state index contributed by atoms with van der Waals surface area (Å²) in [6, 6.07) is 8.30. The van der Waals surface area contributed by atoms with Crippen LogP contribution in [0.3, 0.4) is 0 Å². The van der Waals surface area contributed by atoms with Crippen molar-refractivity contribution in [3.63, 3.8) is 0 Å². The van der Waals surface area contributed by atoms with E-state index in [1.54, 1.807) is 18.3 Å². The molecule has 1 N–H and O–H groups in total. The molecule has 2 atom stereocenters. The highest BCUT2D eigenvalue weighted by Crippen LogP contribution is 2.52. The maximum absolute atomic E-state index is 14.2. The minimum Gasteiger partial charge on any atom is -0.421 e. The van der Waals surface area contributed by atoms with Gasteiger partial charge in [-0.3, -0.25) is 9.97 Å². The lowest BCUT2D eigenvalue weighted by atomic mass is 9.68. The standard InChI is InChI=1S/C37H40N6O4S2/c1-20(2)25-18-49(44,45)34-31(29-17-22-11-16-39-35(33(22)48-29)41-27-7-6-26-24(27)5-4-15-38-26)30(36-43-42-21(3)47-36)28(40-32(25)34)10-14-37-12-8-23(9-13-37)46-19-37/h4-5,11,15-17,20,23,25,27H,6-10,12-14,18-19H2,1-3H3,(H,39,41)/t23?,25-,27+,37?/m1/s1. The van der Waals surface area contributed by atoms with Gasteiger partial charge >= 0.3 is 0 Å². The van der Waals surface area contributed by atoms with E-state index in [-0.39, 0.29) is 29.0 Å². The average Bonchev–Trinajstić information content (AvgIpc) is 3.89. The number of thiophene rings is 1. The molecule has 0 amide bonds. The van der Waals surface area contributed by atoms with E-state index in [0.29, 0.717) is 46.0 Å². The Morgan fingerprint density at radius 2 is 1.94 bits per heavy atom. The van der Waals surface area contributed by atoms with Crippen molar-refractivity contribution in [3.05, 3.63) is 65.2 Å². The maximum Gasteiger partial charge on any atom is 0.250 e. The molecule has 0 unspecified atom stereocenters. The Balaban J connectivity index is 1.22. The Hall–Kier alpha value is -3.74. The van der Waals surface area contributed by atoms with Gasteiger partial charge in [-0.2, -0.15) is 0 Å². The third-order valence-corrected chi connectivity index (χ3v) is 14.3. The molecule has 0 radical (unpaired) electrons. The molecule has 0 aromatic carbocycles. The normalized spacial score (nSPS) is 25.3. The summed E-state index contributed by atoms with van der Waals surface area (Å²) >= 11 is 1.56.